The summed E-state index contributed by atoms with van der Waals surface area (Å²) in [4.78, 5) is 5.08. The van der Waals surface area contributed by atoms with Crippen LogP contribution in [0.1, 0.15) is 17.0 Å². The van der Waals surface area contributed by atoms with E-state index in [-0.39, 0.29) is 18.2 Å². The maximum Gasteiger partial charge on any atom is 0.387 e. The minimum Gasteiger partial charge on any atom is -0.434 e. The molecule has 0 aliphatic rings. The molecule has 8 heteroatoms. The van der Waals surface area contributed by atoms with E-state index in [2.05, 4.69) is 20.1 Å². The normalized spacial score (nSPS) is 11.2. The Morgan fingerprint density at radius 2 is 1.88 bits per heavy atom. The van der Waals surface area contributed by atoms with Gasteiger partial charge in [-0.15, -0.1) is 10.2 Å². The standard InChI is InChI=1S/C18H15F2N3O3/c1-12-6-8-13(9-7-12)17-23-22-16(26-17)11-24-21-10-14-4-2-3-5-15(14)25-18(19)20/h2-10,18H,11H2,1H3/b21-10+. The highest BCUT2D eigenvalue weighted by atomic mass is 19.3. The van der Waals surface area contributed by atoms with Crippen LogP contribution in [0.15, 0.2) is 58.1 Å². The fraction of sp³-hybridized carbons (Fsp3) is 0.167. The average Bonchev–Trinajstić information content (AvgIpc) is 3.09. The van der Waals surface area contributed by atoms with Crippen LogP contribution in [0, 0.1) is 6.92 Å². The third-order valence-corrected chi connectivity index (χ3v) is 3.35. The summed E-state index contributed by atoms with van der Waals surface area (Å²) >= 11 is 0. The number of alkyl halides is 2. The molecule has 134 valence electrons. The van der Waals surface area contributed by atoms with Gasteiger partial charge in [0.05, 0.1) is 6.21 Å². The van der Waals surface area contributed by atoms with Crippen molar-refractivity contribution in [3.63, 3.8) is 0 Å². The number of benzene rings is 2. The number of hydrogen-bond donors (Lipinski definition) is 0. The van der Waals surface area contributed by atoms with E-state index in [1.165, 1.54) is 12.3 Å². The second-order valence-electron chi connectivity index (χ2n) is 5.29. The van der Waals surface area contributed by atoms with Crippen molar-refractivity contribution in [1.29, 1.82) is 0 Å². The SMILES string of the molecule is Cc1ccc(-c2nnc(CO/N=C/c3ccccc3OC(F)F)o2)cc1. The highest BCUT2D eigenvalue weighted by Gasteiger charge is 2.09. The highest BCUT2D eigenvalue weighted by molar-refractivity contribution is 5.83. The van der Waals surface area contributed by atoms with E-state index in [1.807, 2.05) is 31.2 Å². The molecule has 3 aromatic rings. The Labute approximate surface area is 148 Å². The van der Waals surface area contributed by atoms with Crippen LogP contribution in [-0.4, -0.2) is 23.0 Å². The number of para-hydroxylation sites is 1. The third-order valence-electron chi connectivity index (χ3n) is 3.35. The number of rotatable bonds is 7. The van der Waals surface area contributed by atoms with Crippen LogP contribution in [0.4, 0.5) is 8.78 Å². The minimum absolute atomic E-state index is 0.00861. The maximum absolute atomic E-state index is 12.3. The summed E-state index contributed by atoms with van der Waals surface area (Å²) in [6, 6.07) is 13.9. The van der Waals surface area contributed by atoms with E-state index in [4.69, 9.17) is 9.25 Å². The Hall–Kier alpha value is -3.29. The summed E-state index contributed by atoms with van der Waals surface area (Å²) in [5.74, 6) is 0.632. The van der Waals surface area contributed by atoms with E-state index < -0.39 is 6.61 Å². The lowest BCUT2D eigenvalue weighted by Crippen LogP contribution is -2.04. The first-order valence-corrected chi connectivity index (χ1v) is 7.70. The number of ether oxygens (including phenoxy) is 1. The fourth-order valence-electron chi connectivity index (χ4n) is 2.10. The molecule has 2 aromatic carbocycles. The van der Waals surface area contributed by atoms with Gasteiger partial charge < -0.3 is 14.0 Å². The summed E-state index contributed by atoms with van der Waals surface area (Å²) in [6.45, 7) is -0.976. The molecular weight excluding hydrogens is 344 g/mol. The molecule has 3 rings (SSSR count). The molecule has 0 N–H and O–H groups in total. The Balaban J connectivity index is 1.59. The summed E-state index contributed by atoms with van der Waals surface area (Å²) < 4.78 is 34.6. The quantitative estimate of drug-likeness (QED) is 0.467. The van der Waals surface area contributed by atoms with Crippen LogP contribution < -0.4 is 4.74 Å². The van der Waals surface area contributed by atoms with Gasteiger partial charge in [0.1, 0.15) is 5.75 Å². The maximum atomic E-state index is 12.3. The summed E-state index contributed by atoms with van der Waals surface area (Å²) in [5, 5.41) is 11.5. The Bertz CT molecular complexity index is 879. The van der Waals surface area contributed by atoms with Gasteiger partial charge in [-0.1, -0.05) is 35.0 Å². The van der Waals surface area contributed by atoms with Gasteiger partial charge in [0.25, 0.3) is 5.89 Å². The van der Waals surface area contributed by atoms with Crippen LogP contribution in [0.25, 0.3) is 11.5 Å². The highest BCUT2D eigenvalue weighted by Crippen LogP contribution is 2.19. The summed E-state index contributed by atoms with van der Waals surface area (Å²) in [5.41, 5.74) is 2.29. The molecule has 0 aliphatic heterocycles. The lowest BCUT2D eigenvalue weighted by Gasteiger charge is -2.06. The molecule has 0 bridgehead atoms. The largest absolute Gasteiger partial charge is 0.434 e. The van der Waals surface area contributed by atoms with E-state index in [9.17, 15) is 8.78 Å². The van der Waals surface area contributed by atoms with Crippen molar-refractivity contribution in [3.8, 4) is 17.2 Å². The minimum atomic E-state index is -2.91. The number of hydrogen-bond acceptors (Lipinski definition) is 6. The topological polar surface area (TPSA) is 69.7 Å². The van der Waals surface area contributed by atoms with Gasteiger partial charge >= 0.3 is 6.61 Å². The summed E-state index contributed by atoms with van der Waals surface area (Å²) in [6.07, 6.45) is 1.27. The van der Waals surface area contributed by atoms with Crippen molar-refractivity contribution in [2.24, 2.45) is 5.16 Å². The van der Waals surface area contributed by atoms with Crippen LogP contribution in [-0.2, 0) is 11.4 Å². The van der Waals surface area contributed by atoms with Crippen LogP contribution >= 0.6 is 0 Å². The fourth-order valence-corrected chi connectivity index (χ4v) is 2.10. The molecule has 0 atom stereocenters. The van der Waals surface area contributed by atoms with Gasteiger partial charge in [0.2, 0.25) is 5.89 Å². The first-order chi connectivity index (χ1) is 12.6. The molecule has 0 fully saturated rings. The number of aryl methyl sites for hydroxylation is 1. The third kappa shape index (κ3) is 4.62. The first-order valence-electron chi connectivity index (χ1n) is 7.70. The monoisotopic (exact) mass is 359 g/mol. The van der Waals surface area contributed by atoms with Crippen LogP contribution in [0.2, 0.25) is 0 Å². The molecule has 1 heterocycles. The van der Waals surface area contributed by atoms with Crippen LogP contribution in [0.3, 0.4) is 0 Å². The van der Waals surface area contributed by atoms with E-state index >= 15 is 0 Å². The van der Waals surface area contributed by atoms with Crippen molar-refractivity contribution >= 4 is 6.21 Å². The molecule has 0 aliphatic carbocycles. The Kier molecular flexibility index (Phi) is 5.52. The number of nitrogens with zero attached hydrogens (tertiary/aromatic N) is 3. The number of aromatic nitrogens is 2. The van der Waals surface area contributed by atoms with E-state index in [0.717, 1.165) is 11.1 Å². The van der Waals surface area contributed by atoms with Gasteiger partial charge in [-0.05, 0) is 31.2 Å². The van der Waals surface area contributed by atoms with Crippen molar-refractivity contribution in [3.05, 3.63) is 65.5 Å². The first kappa shape index (κ1) is 17.5. The summed E-state index contributed by atoms with van der Waals surface area (Å²) in [7, 11) is 0. The van der Waals surface area contributed by atoms with Crippen molar-refractivity contribution < 1.29 is 22.8 Å². The number of oxime groups is 1. The lowest BCUT2D eigenvalue weighted by atomic mass is 10.1. The van der Waals surface area contributed by atoms with Crippen molar-refractivity contribution in [1.82, 2.24) is 10.2 Å². The zero-order valence-electron chi connectivity index (χ0n) is 13.8. The molecule has 0 saturated heterocycles. The van der Waals surface area contributed by atoms with Crippen molar-refractivity contribution in [2.75, 3.05) is 0 Å². The molecule has 0 radical (unpaired) electrons. The zero-order chi connectivity index (χ0) is 18.4. The predicted octanol–water partition coefficient (Wildman–Crippen LogP) is 4.20. The molecular formula is C18H15F2N3O3. The van der Waals surface area contributed by atoms with Crippen molar-refractivity contribution in [2.45, 2.75) is 20.1 Å². The zero-order valence-corrected chi connectivity index (χ0v) is 13.8. The second kappa shape index (κ2) is 8.19. The Morgan fingerprint density at radius 1 is 1.12 bits per heavy atom. The van der Waals surface area contributed by atoms with Gasteiger partial charge in [0, 0.05) is 11.1 Å². The molecule has 1 aromatic heterocycles. The molecule has 0 spiro atoms. The molecule has 0 saturated carbocycles. The van der Waals surface area contributed by atoms with Gasteiger partial charge in [-0.2, -0.15) is 8.78 Å². The molecule has 0 amide bonds. The van der Waals surface area contributed by atoms with Gasteiger partial charge in [-0.3, -0.25) is 0 Å². The van der Waals surface area contributed by atoms with E-state index in [0.29, 0.717) is 11.5 Å². The van der Waals surface area contributed by atoms with Gasteiger partial charge in [-0.25, -0.2) is 0 Å². The second-order valence-corrected chi connectivity index (χ2v) is 5.29. The van der Waals surface area contributed by atoms with Gasteiger partial charge in [0.15, 0.2) is 6.61 Å². The van der Waals surface area contributed by atoms with E-state index in [1.54, 1.807) is 18.2 Å². The predicted molar refractivity (Wildman–Crippen MR) is 89.9 cm³/mol. The van der Waals surface area contributed by atoms with Crippen LogP contribution in [0.5, 0.6) is 5.75 Å². The molecule has 6 nitrogen and oxygen atoms in total. The molecule has 0 unspecified atom stereocenters. The smallest absolute Gasteiger partial charge is 0.387 e. The number of halogens is 2. The Morgan fingerprint density at radius 3 is 2.65 bits per heavy atom. The lowest BCUT2D eigenvalue weighted by molar-refractivity contribution is -0.0499. The molecule has 26 heavy (non-hydrogen) atoms. The average molecular weight is 359 g/mol.